The van der Waals surface area contributed by atoms with Crippen molar-refractivity contribution >= 4 is 17.7 Å². The van der Waals surface area contributed by atoms with Crippen molar-refractivity contribution in [2.24, 2.45) is 5.92 Å². The number of hydrogen-bond acceptors (Lipinski definition) is 2. The number of hydrogen-bond donors (Lipinski definition) is 2. The molecule has 0 spiro atoms. The van der Waals surface area contributed by atoms with E-state index in [0.717, 1.165) is 17.7 Å². The number of amides is 2. The number of urea groups is 1. The zero-order chi connectivity index (χ0) is 14.9. The fourth-order valence-electron chi connectivity index (χ4n) is 2.48. The Hall–Kier alpha value is -2.04. The zero-order valence-corrected chi connectivity index (χ0v) is 12.0. The van der Waals surface area contributed by atoms with Crippen molar-refractivity contribution in [3.05, 3.63) is 29.8 Å². The normalized spacial score (nSPS) is 20.1. The average Bonchev–Trinajstić information content (AvgIpc) is 2.73. The number of carboxylic acids is 1. The lowest BCUT2D eigenvalue weighted by Gasteiger charge is -2.26. The molecule has 0 fully saturated rings. The summed E-state index contributed by atoms with van der Waals surface area (Å²) in [5.41, 5.74) is 2.06. The maximum Gasteiger partial charge on any atom is 0.322 e. The van der Waals surface area contributed by atoms with E-state index < -0.39 is 17.9 Å². The molecule has 0 aliphatic carbocycles. The van der Waals surface area contributed by atoms with Gasteiger partial charge in [-0.2, -0.15) is 0 Å². The van der Waals surface area contributed by atoms with Crippen molar-refractivity contribution in [2.75, 3.05) is 4.90 Å². The predicted octanol–water partition coefficient (Wildman–Crippen LogP) is 2.26. The van der Waals surface area contributed by atoms with Crippen molar-refractivity contribution in [3.8, 4) is 0 Å². The summed E-state index contributed by atoms with van der Waals surface area (Å²) in [4.78, 5) is 25.0. The van der Waals surface area contributed by atoms with Crippen LogP contribution in [0.2, 0.25) is 0 Å². The summed E-state index contributed by atoms with van der Waals surface area (Å²) in [6, 6.07) is 7.23. The molecule has 0 saturated heterocycles. The van der Waals surface area contributed by atoms with E-state index >= 15 is 0 Å². The molecule has 5 nitrogen and oxygen atoms in total. The van der Waals surface area contributed by atoms with Crippen LogP contribution in [-0.2, 0) is 11.2 Å². The SMILES string of the molecule is CC(NC(=O)N1c2ccccc2CC1C)C(C)C(=O)O. The van der Waals surface area contributed by atoms with Gasteiger partial charge < -0.3 is 10.4 Å². The van der Waals surface area contributed by atoms with E-state index in [-0.39, 0.29) is 12.1 Å². The largest absolute Gasteiger partial charge is 0.481 e. The Bertz CT molecular complexity index is 530. The van der Waals surface area contributed by atoms with Gasteiger partial charge in [0, 0.05) is 17.8 Å². The Morgan fingerprint density at radius 1 is 1.35 bits per heavy atom. The van der Waals surface area contributed by atoms with Gasteiger partial charge in [-0.05, 0) is 38.8 Å². The van der Waals surface area contributed by atoms with Crippen LogP contribution in [0.25, 0.3) is 0 Å². The standard InChI is InChI=1S/C15H20N2O3/c1-9-8-12-6-4-5-7-13(12)17(9)15(20)16-11(3)10(2)14(18)19/h4-7,9-11H,8H2,1-3H3,(H,16,20)(H,18,19). The van der Waals surface area contributed by atoms with Crippen LogP contribution in [0, 0.1) is 5.92 Å². The number of nitrogens with one attached hydrogen (secondary N) is 1. The molecular formula is C15H20N2O3. The van der Waals surface area contributed by atoms with E-state index in [0.29, 0.717) is 0 Å². The Morgan fingerprint density at radius 2 is 2.00 bits per heavy atom. The molecule has 0 bridgehead atoms. The molecule has 0 saturated carbocycles. The summed E-state index contributed by atoms with van der Waals surface area (Å²) in [6.07, 6.45) is 0.826. The molecule has 1 aliphatic rings. The van der Waals surface area contributed by atoms with Gasteiger partial charge in [0.25, 0.3) is 0 Å². The van der Waals surface area contributed by atoms with E-state index in [1.807, 2.05) is 31.2 Å². The smallest absolute Gasteiger partial charge is 0.322 e. The molecule has 0 aromatic heterocycles. The minimum absolute atomic E-state index is 0.0831. The molecule has 20 heavy (non-hydrogen) atoms. The number of nitrogens with zero attached hydrogens (tertiary/aromatic N) is 1. The lowest BCUT2D eigenvalue weighted by Crippen LogP contribution is -2.49. The highest BCUT2D eigenvalue weighted by Gasteiger charge is 2.32. The van der Waals surface area contributed by atoms with Crippen LogP contribution < -0.4 is 10.2 Å². The monoisotopic (exact) mass is 276 g/mol. The second-order valence-electron chi connectivity index (χ2n) is 5.42. The first-order valence-corrected chi connectivity index (χ1v) is 6.82. The van der Waals surface area contributed by atoms with Crippen molar-refractivity contribution in [1.29, 1.82) is 0 Å². The maximum absolute atomic E-state index is 12.4. The number of carbonyl (C=O) groups is 2. The number of anilines is 1. The minimum Gasteiger partial charge on any atom is -0.481 e. The number of carbonyl (C=O) groups excluding carboxylic acids is 1. The second-order valence-corrected chi connectivity index (χ2v) is 5.42. The number of fused-ring (bicyclic) bond motifs is 1. The molecule has 1 aromatic carbocycles. The molecule has 108 valence electrons. The molecule has 5 heteroatoms. The summed E-state index contributed by atoms with van der Waals surface area (Å²) < 4.78 is 0. The van der Waals surface area contributed by atoms with Crippen molar-refractivity contribution in [2.45, 2.75) is 39.3 Å². The Labute approximate surface area is 118 Å². The third-order valence-electron chi connectivity index (χ3n) is 3.92. The second kappa shape index (κ2) is 5.53. The van der Waals surface area contributed by atoms with Gasteiger partial charge in [-0.15, -0.1) is 0 Å². The van der Waals surface area contributed by atoms with Gasteiger partial charge in [-0.3, -0.25) is 9.69 Å². The van der Waals surface area contributed by atoms with E-state index in [4.69, 9.17) is 5.11 Å². The third kappa shape index (κ3) is 2.61. The highest BCUT2D eigenvalue weighted by atomic mass is 16.4. The van der Waals surface area contributed by atoms with Crippen LogP contribution in [0.1, 0.15) is 26.3 Å². The molecule has 2 amide bonds. The van der Waals surface area contributed by atoms with Gasteiger partial charge in [0.2, 0.25) is 0 Å². The van der Waals surface area contributed by atoms with Gasteiger partial charge >= 0.3 is 12.0 Å². The molecule has 2 rings (SSSR count). The molecular weight excluding hydrogens is 256 g/mol. The Balaban J connectivity index is 2.12. The van der Waals surface area contributed by atoms with Crippen LogP contribution in [0.15, 0.2) is 24.3 Å². The zero-order valence-electron chi connectivity index (χ0n) is 12.0. The number of rotatable bonds is 3. The number of carboxylic acid groups (broad SMARTS) is 1. The van der Waals surface area contributed by atoms with Gasteiger partial charge in [-0.1, -0.05) is 18.2 Å². The summed E-state index contributed by atoms with van der Waals surface area (Å²) in [7, 11) is 0. The Morgan fingerprint density at radius 3 is 2.65 bits per heavy atom. The van der Waals surface area contributed by atoms with Gasteiger partial charge in [0.05, 0.1) is 5.92 Å². The van der Waals surface area contributed by atoms with Gasteiger partial charge in [0.15, 0.2) is 0 Å². The molecule has 1 aromatic rings. The summed E-state index contributed by atoms with van der Waals surface area (Å²) in [6.45, 7) is 5.29. The lowest BCUT2D eigenvalue weighted by molar-refractivity contribution is -0.141. The van der Waals surface area contributed by atoms with Crippen LogP contribution >= 0.6 is 0 Å². The molecule has 3 atom stereocenters. The van der Waals surface area contributed by atoms with Crippen molar-refractivity contribution < 1.29 is 14.7 Å². The topological polar surface area (TPSA) is 69.6 Å². The van der Waals surface area contributed by atoms with E-state index in [1.54, 1.807) is 18.7 Å². The fraction of sp³-hybridized carbons (Fsp3) is 0.467. The van der Waals surface area contributed by atoms with Crippen molar-refractivity contribution in [1.82, 2.24) is 5.32 Å². The molecule has 1 aliphatic heterocycles. The highest BCUT2D eigenvalue weighted by molar-refractivity contribution is 5.95. The van der Waals surface area contributed by atoms with E-state index in [9.17, 15) is 9.59 Å². The number of benzene rings is 1. The molecule has 2 N–H and O–H groups in total. The fourth-order valence-corrected chi connectivity index (χ4v) is 2.48. The van der Waals surface area contributed by atoms with Crippen LogP contribution in [0.3, 0.4) is 0 Å². The first-order valence-electron chi connectivity index (χ1n) is 6.82. The molecule has 0 radical (unpaired) electrons. The summed E-state index contributed by atoms with van der Waals surface area (Å²) in [5.74, 6) is -1.53. The van der Waals surface area contributed by atoms with E-state index in [1.165, 1.54) is 0 Å². The maximum atomic E-state index is 12.4. The minimum atomic E-state index is -0.910. The first-order chi connectivity index (χ1) is 9.41. The highest BCUT2D eigenvalue weighted by Crippen LogP contribution is 2.31. The predicted molar refractivity (Wildman–Crippen MR) is 76.9 cm³/mol. The van der Waals surface area contributed by atoms with Gasteiger partial charge in [0.1, 0.15) is 0 Å². The average molecular weight is 276 g/mol. The van der Waals surface area contributed by atoms with Crippen LogP contribution in [0.5, 0.6) is 0 Å². The Kier molecular flexibility index (Phi) is 3.97. The summed E-state index contributed by atoms with van der Waals surface area (Å²) in [5, 5.41) is 11.8. The summed E-state index contributed by atoms with van der Waals surface area (Å²) >= 11 is 0. The van der Waals surface area contributed by atoms with E-state index in [2.05, 4.69) is 5.32 Å². The quantitative estimate of drug-likeness (QED) is 0.889. The van der Waals surface area contributed by atoms with Crippen LogP contribution in [-0.4, -0.2) is 29.2 Å². The van der Waals surface area contributed by atoms with Gasteiger partial charge in [-0.25, -0.2) is 4.79 Å². The van der Waals surface area contributed by atoms with Crippen LogP contribution in [0.4, 0.5) is 10.5 Å². The lowest BCUT2D eigenvalue weighted by atomic mass is 10.0. The molecule has 1 heterocycles. The first kappa shape index (κ1) is 14.4. The number of para-hydroxylation sites is 1. The molecule has 3 unspecified atom stereocenters. The third-order valence-corrected chi connectivity index (χ3v) is 3.92. The number of aliphatic carboxylic acids is 1. The van der Waals surface area contributed by atoms with Crippen molar-refractivity contribution in [3.63, 3.8) is 0 Å².